The van der Waals surface area contributed by atoms with Crippen molar-refractivity contribution in [3.63, 3.8) is 0 Å². The van der Waals surface area contributed by atoms with Crippen molar-refractivity contribution in [3.8, 4) is 0 Å². The van der Waals surface area contributed by atoms with E-state index in [1.54, 1.807) is 6.92 Å². The fraction of sp³-hybridized carbons (Fsp3) is 0.571. The lowest BCUT2D eigenvalue weighted by molar-refractivity contribution is 0.199. The molecule has 3 nitrogen and oxygen atoms in total. The van der Waals surface area contributed by atoms with Crippen LogP contribution in [0.3, 0.4) is 0 Å². The number of aliphatic hydroxyl groups excluding tert-OH is 1. The van der Waals surface area contributed by atoms with Crippen LogP contribution in [0.1, 0.15) is 25.5 Å². The van der Waals surface area contributed by atoms with Crippen LogP contribution in [0, 0.1) is 0 Å². The summed E-state index contributed by atoms with van der Waals surface area (Å²) in [7, 11) is 0. The summed E-state index contributed by atoms with van der Waals surface area (Å²) in [5.41, 5.74) is 2.26. The number of anilines is 1. The lowest BCUT2D eigenvalue weighted by Gasteiger charge is -2.35. The summed E-state index contributed by atoms with van der Waals surface area (Å²) in [4.78, 5) is 4.89. The fourth-order valence-corrected chi connectivity index (χ4v) is 2.29. The molecule has 1 saturated heterocycles. The first-order valence-electron chi connectivity index (χ1n) is 6.46. The molecule has 2 rings (SSSR count). The molecular formula is C14H22N2O. The van der Waals surface area contributed by atoms with Gasteiger partial charge in [-0.05, 0) is 31.2 Å². The Kier molecular flexibility index (Phi) is 4.02. The normalized spacial score (nSPS) is 19.4. The van der Waals surface area contributed by atoms with E-state index in [1.165, 1.54) is 5.69 Å². The van der Waals surface area contributed by atoms with E-state index in [2.05, 4.69) is 28.9 Å². The zero-order valence-electron chi connectivity index (χ0n) is 10.8. The minimum absolute atomic E-state index is 0.374. The second-order valence-electron chi connectivity index (χ2n) is 4.69. The number of benzene rings is 1. The lowest BCUT2D eigenvalue weighted by Crippen LogP contribution is -2.46. The Labute approximate surface area is 104 Å². The highest BCUT2D eigenvalue weighted by atomic mass is 16.3. The molecule has 0 aromatic heterocycles. The molecule has 1 aliphatic heterocycles. The van der Waals surface area contributed by atoms with Gasteiger partial charge in [0.05, 0.1) is 6.10 Å². The molecule has 0 radical (unpaired) electrons. The van der Waals surface area contributed by atoms with Gasteiger partial charge < -0.3 is 14.9 Å². The number of piperazine rings is 1. The molecule has 0 aliphatic carbocycles. The van der Waals surface area contributed by atoms with Gasteiger partial charge in [-0.3, -0.25) is 0 Å². The van der Waals surface area contributed by atoms with Crippen LogP contribution in [0.2, 0.25) is 0 Å². The molecule has 1 fully saturated rings. The van der Waals surface area contributed by atoms with Crippen molar-refractivity contribution < 1.29 is 5.11 Å². The van der Waals surface area contributed by atoms with Crippen molar-refractivity contribution in [1.29, 1.82) is 0 Å². The van der Waals surface area contributed by atoms with Gasteiger partial charge in [-0.15, -0.1) is 0 Å². The van der Waals surface area contributed by atoms with Crippen molar-refractivity contribution in [2.45, 2.75) is 20.0 Å². The Balaban J connectivity index is 1.99. The minimum Gasteiger partial charge on any atom is -0.389 e. The Bertz CT molecular complexity index is 340. The quantitative estimate of drug-likeness (QED) is 0.865. The first-order chi connectivity index (χ1) is 8.20. The maximum atomic E-state index is 9.47. The van der Waals surface area contributed by atoms with Crippen LogP contribution in [-0.2, 0) is 0 Å². The molecule has 1 aromatic rings. The highest BCUT2D eigenvalue weighted by Gasteiger charge is 2.15. The summed E-state index contributed by atoms with van der Waals surface area (Å²) in [6.45, 7) is 9.66. The summed E-state index contributed by atoms with van der Waals surface area (Å²) >= 11 is 0. The number of hydrogen-bond acceptors (Lipinski definition) is 3. The van der Waals surface area contributed by atoms with Gasteiger partial charge in [-0.1, -0.05) is 19.1 Å². The highest BCUT2D eigenvalue weighted by molar-refractivity contribution is 5.48. The van der Waals surface area contributed by atoms with Crippen LogP contribution in [0.25, 0.3) is 0 Å². The average Bonchev–Trinajstić information content (AvgIpc) is 2.39. The van der Waals surface area contributed by atoms with Gasteiger partial charge in [0.2, 0.25) is 0 Å². The number of likely N-dealkylation sites (N-methyl/N-ethyl adjacent to an activating group) is 1. The molecule has 0 spiro atoms. The molecule has 1 N–H and O–H groups in total. The van der Waals surface area contributed by atoms with Crippen LogP contribution in [0.5, 0.6) is 0 Å². The average molecular weight is 234 g/mol. The summed E-state index contributed by atoms with van der Waals surface area (Å²) in [6.07, 6.45) is -0.374. The van der Waals surface area contributed by atoms with E-state index in [1.807, 2.05) is 12.1 Å². The second kappa shape index (κ2) is 5.52. The Morgan fingerprint density at radius 1 is 1.12 bits per heavy atom. The monoisotopic (exact) mass is 234 g/mol. The van der Waals surface area contributed by atoms with Gasteiger partial charge in [0.1, 0.15) is 0 Å². The van der Waals surface area contributed by atoms with Crippen LogP contribution >= 0.6 is 0 Å². The highest BCUT2D eigenvalue weighted by Crippen LogP contribution is 2.20. The predicted molar refractivity (Wildman–Crippen MR) is 71.4 cm³/mol. The van der Waals surface area contributed by atoms with Crippen molar-refractivity contribution in [3.05, 3.63) is 29.8 Å². The van der Waals surface area contributed by atoms with Crippen molar-refractivity contribution >= 4 is 5.69 Å². The van der Waals surface area contributed by atoms with Gasteiger partial charge in [0.15, 0.2) is 0 Å². The fourth-order valence-electron chi connectivity index (χ4n) is 2.29. The molecule has 17 heavy (non-hydrogen) atoms. The molecule has 1 aliphatic rings. The summed E-state index contributed by atoms with van der Waals surface area (Å²) in [5.74, 6) is 0. The Morgan fingerprint density at radius 3 is 2.18 bits per heavy atom. The zero-order valence-corrected chi connectivity index (χ0v) is 10.8. The van der Waals surface area contributed by atoms with Crippen molar-refractivity contribution in [2.75, 3.05) is 37.6 Å². The first-order valence-corrected chi connectivity index (χ1v) is 6.46. The van der Waals surface area contributed by atoms with Gasteiger partial charge in [-0.25, -0.2) is 0 Å². The molecule has 0 bridgehead atoms. The van der Waals surface area contributed by atoms with Crippen molar-refractivity contribution in [1.82, 2.24) is 4.90 Å². The molecule has 0 amide bonds. The van der Waals surface area contributed by atoms with Gasteiger partial charge in [0.25, 0.3) is 0 Å². The molecule has 0 unspecified atom stereocenters. The maximum absolute atomic E-state index is 9.47. The number of nitrogens with zero attached hydrogens (tertiary/aromatic N) is 2. The van der Waals surface area contributed by atoms with Crippen LogP contribution in [0.4, 0.5) is 5.69 Å². The summed E-state index contributed by atoms with van der Waals surface area (Å²) < 4.78 is 0. The zero-order chi connectivity index (χ0) is 12.3. The third-order valence-electron chi connectivity index (χ3n) is 3.56. The summed E-state index contributed by atoms with van der Waals surface area (Å²) in [5, 5.41) is 9.47. The van der Waals surface area contributed by atoms with E-state index >= 15 is 0 Å². The topological polar surface area (TPSA) is 26.7 Å². The van der Waals surface area contributed by atoms with E-state index in [0.29, 0.717) is 0 Å². The van der Waals surface area contributed by atoms with Gasteiger partial charge >= 0.3 is 0 Å². The first kappa shape index (κ1) is 12.4. The predicted octanol–water partition coefficient (Wildman–Crippen LogP) is 1.88. The number of hydrogen-bond donors (Lipinski definition) is 1. The van der Waals surface area contributed by atoms with E-state index in [9.17, 15) is 5.11 Å². The lowest BCUT2D eigenvalue weighted by atomic mass is 10.1. The Morgan fingerprint density at radius 2 is 1.71 bits per heavy atom. The molecule has 1 heterocycles. The Hall–Kier alpha value is -1.06. The van der Waals surface area contributed by atoms with E-state index < -0.39 is 0 Å². The number of rotatable bonds is 3. The summed E-state index contributed by atoms with van der Waals surface area (Å²) in [6, 6.07) is 8.27. The largest absolute Gasteiger partial charge is 0.389 e. The molecule has 0 saturated carbocycles. The molecule has 94 valence electrons. The van der Waals surface area contributed by atoms with Gasteiger partial charge in [0, 0.05) is 31.9 Å². The van der Waals surface area contributed by atoms with E-state index in [0.717, 1.165) is 38.3 Å². The molecule has 3 heteroatoms. The van der Waals surface area contributed by atoms with Crippen LogP contribution < -0.4 is 4.90 Å². The molecule has 1 aromatic carbocycles. The van der Waals surface area contributed by atoms with Crippen LogP contribution in [0.15, 0.2) is 24.3 Å². The number of aliphatic hydroxyl groups is 1. The van der Waals surface area contributed by atoms with E-state index in [4.69, 9.17) is 0 Å². The molecule has 1 atom stereocenters. The second-order valence-corrected chi connectivity index (χ2v) is 4.69. The van der Waals surface area contributed by atoms with E-state index in [-0.39, 0.29) is 6.10 Å². The smallest absolute Gasteiger partial charge is 0.0761 e. The minimum atomic E-state index is -0.374. The van der Waals surface area contributed by atoms with Gasteiger partial charge in [-0.2, -0.15) is 0 Å². The molecular weight excluding hydrogens is 212 g/mol. The van der Waals surface area contributed by atoms with Crippen molar-refractivity contribution in [2.24, 2.45) is 0 Å². The third kappa shape index (κ3) is 2.99. The SMILES string of the molecule is CCN1CCN(c2ccc([C@H](C)O)cc2)CC1. The third-order valence-corrected chi connectivity index (χ3v) is 3.56. The maximum Gasteiger partial charge on any atom is 0.0761 e. The standard InChI is InChI=1S/C14H22N2O/c1-3-15-8-10-16(11-9-15)14-6-4-13(5-7-14)12(2)17/h4-7,12,17H,3,8-11H2,1-2H3/t12-/m0/s1. The van der Waals surface area contributed by atoms with Crippen LogP contribution in [-0.4, -0.2) is 42.7 Å².